The number of amides is 2. The molecule has 0 unspecified atom stereocenters. The van der Waals surface area contributed by atoms with E-state index in [2.05, 4.69) is 20.3 Å². The Bertz CT molecular complexity index is 921. The van der Waals surface area contributed by atoms with Crippen LogP contribution in [0.25, 0.3) is 22.4 Å². The number of aryl methyl sites for hydroxylation is 1. The van der Waals surface area contributed by atoms with Crippen LogP contribution in [0.15, 0.2) is 42.6 Å². The number of pyridine rings is 1. The van der Waals surface area contributed by atoms with E-state index in [0.29, 0.717) is 17.2 Å². The number of hydrogen-bond donors (Lipinski definition) is 4. The minimum atomic E-state index is -0.622. The molecular formula is C17H17N7O. The number of nitrogen functional groups attached to an aromatic ring is 2. The van der Waals surface area contributed by atoms with Gasteiger partial charge in [0.2, 0.25) is 5.95 Å². The predicted octanol–water partition coefficient (Wildman–Crippen LogP) is 2.17. The van der Waals surface area contributed by atoms with Crippen molar-refractivity contribution in [2.45, 2.75) is 6.92 Å². The third kappa shape index (κ3) is 3.47. The lowest BCUT2D eigenvalue weighted by atomic mass is 9.99. The van der Waals surface area contributed by atoms with Crippen LogP contribution in [-0.4, -0.2) is 21.0 Å². The normalized spacial score (nSPS) is 10.4. The van der Waals surface area contributed by atoms with Crippen LogP contribution in [0.3, 0.4) is 0 Å². The molecule has 0 spiro atoms. The Labute approximate surface area is 144 Å². The maximum atomic E-state index is 10.9. The van der Waals surface area contributed by atoms with E-state index in [1.54, 1.807) is 24.4 Å². The Balaban J connectivity index is 2.12. The number of hydrogen-bond acceptors (Lipinski definition) is 6. The molecule has 126 valence electrons. The second-order valence-electron chi connectivity index (χ2n) is 5.43. The van der Waals surface area contributed by atoms with E-state index in [0.717, 1.165) is 22.4 Å². The van der Waals surface area contributed by atoms with Gasteiger partial charge in [-0.25, -0.2) is 19.7 Å². The number of nitrogens with zero attached hydrogens (tertiary/aromatic N) is 3. The number of nitrogens with two attached hydrogens (primary N) is 3. The van der Waals surface area contributed by atoms with Gasteiger partial charge in [0.15, 0.2) is 0 Å². The summed E-state index contributed by atoms with van der Waals surface area (Å²) in [6.45, 7) is 1.86. The molecule has 7 N–H and O–H groups in total. The molecule has 8 nitrogen and oxygen atoms in total. The summed E-state index contributed by atoms with van der Waals surface area (Å²) in [6.07, 6.45) is 1.67. The summed E-state index contributed by atoms with van der Waals surface area (Å²) in [6, 6.07) is 10.1. The first-order valence-electron chi connectivity index (χ1n) is 7.47. The topological polar surface area (TPSA) is 146 Å². The van der Waals surface area contributed by atoms with Crippen LogP contribution in [0, 0.1) is 6.92 Å². The predicted molar refractivity (Wildman–Crippen MR) is 97.5 cm³/mol. The van der Waals surface area contributed by atoms with Gasteiger partial charge in [-0.1, -0.05) is 12.1 Å². The molecule has 25 heavy (non-hydrogen) atoms. The number of carbonyl (C=O) groups is 1. The van der Waals surface area contributed by atoms with Crippen molar-refractivity contribution in [3.63, 3.8) is 0 Å². The smallest absolute Gasteiger partial charge is 0.316 e. The number of carbonyl (C=O) groups excluding carboxylic acids is 1. The van der Waals surface area contributed by atoms with E-state index in [9.17, 15) is 4.79 Å². The Hall–Kier alpha value is -3.68. The molecule has 1 aromatic carbocycles. The van der Waals surface area contributed by atoms with Crippen LogP contribution < -0.4 is 22.5 Å². The van der Waals surface area contributed by atoms with Crippen molar-refractivity contribution >= 4 is 23.5 Å². The first-order valence-corrected chi connectivity index (χ1v) is 7.47. The lowest BCUT2D eigenvalue weighted by Gasteiger charge is -2.13. The van der Waals surface area contributed by atoms with Gasteiger partial charge in [-0.05, 0) is 31.2 Å². The van der Waals surface area contributed by atoms with Crippen LogP contribution >= 0.6 is 0 Å². The molecule has 0 aliphatic rings. The van der Waals surface area contributed by atoms with Gasteiger partial charge in [0.05, 0.1) is 11.4 Å². The van der Waals surface area contributed by atoms with E-state index in [4.69, 9.17) is 17.2 Å². The van der Waals surface area contributed by atoms with Gasteiger partial charge in [0.1, 0.15) is 5.82 Å². The Morgan fingerprint density at radius 1 is 1.00 bits per heavy atom. The van der Waals surface area contributed by atoms with Crippen LogP contribution in [0.4, 0.5) is 22.2 Å². The van der Waals surface area contributed by atoms with Crippen molar-refractivity contribution in [2.75, 3.05) is 16.8 Å². The molecule has 8 heteroatoms. The molecular weight excluding hydrogens is 318 g/mol. The summed E-state index contributed by atoms with van der Waals surface area (Å²) >= 11 is 0. The zero-order valence-corrected chi connectivity index (χ0v) is 13.5. The Kier molecular flexibility index (Phi) is 4.17. The summed E-state index contributed by atoms with van der Waals surface area (Å²) in [5.74, 6) is 0.611. The molecule has 2 amide bonds. The Morgan fingerprint density at radius 3 is 2.28 bits per heavy atom. The Morgan fingerprint density at radius 2 is 1.68 bits per heavy atom. The first kappa shape index (κ1) is 16.2. The van der Waals surface area contributed by atoms with E-state index >= 15 is 0 Å². The van der Waals surface area contributed by atoms with Crippen LogP contribution in [0.5, 0.6) is 0 Å². The molecule has 2 aromatic heterocycles. The van der Waals surface area contributed by atoms with Gasteiger partial charge in [0.25, 0.3) is 0 Å². The standard InChI is InChI=1S/C17H17N7O/c1-9-14(11-4-7-13(18)21-8-11)15(24-16(19)22-9)10-2-5-12(6-3-10)23-17(20)25/h2-8H,1H3,(H2,18,21)(H2,19,22,24)(H3,20,23,25). The van der Waals surface area contributed by atoms with Gasteiger partial charge in [0, 0.05) is 28.6 Å². The highest BCUT2D eigenvalue weighted by Gasteiger charge is 2.15. The van der Waals surface area contributed by atoms with E-state index in [1.165, 1.54) is 0 Å². The van der Waals surface area contributed by atoms with Crippen LogP contribution in [0.2, 0.25) is 0 Å². The highest BCUT2D eigenvalue weighted by molar-refractivity contribution is 5.89. The molecule has 0 atom stereocenters. The fourth-order valence-electron chi connectivity index (χ4n) is 2.56. The molecule has 0 radical (unpaired) electrons. The zero-order valence-electron chi connectivity index (χ0n) is 13.5. The average molecular weight is 335 g/mol. The molecule has 0 bridgehead atoms. The van der Waals surface area contributed by atoms with Crippen LogP contribution in [-0.2, 0) is 0 Å². The van der Waals surface area contributed by atoms with Crippen LogP contribution in [0.1, 0.15) is 5.69 Å². The van der Waals surface area contributed by atoms with Gasteiger partial charge in [-0.3, -0.25) is 0 Å². The number of benzene rings is 1. The van der Waals surface area contributed by atoms with Crippen molar-refractivity contribution in [1.29, 1.82) is 0 Å². The second kappa shape index (κ2) is 6.44. The minimum absolute atomic E-state index is 0.180. The lowest BCUT2D eigenvalue weighted by Crippen LogP contribution is -2.19. The van der Waals surface area contributed by atoms with Crippen molar-refractivity contribution in [1.82, 2.24) is 15.0 Å². The second-order valence-corrected chi connectivity index (χ2v) is 5.43. The third-order valence-electron chi connectivity index (χ3n) is 3.61. The summed E-state index contributed by atoms with van der Waals surface area (Å²) in [5.41, 5.74) is 21.1. The number of nitrogens with one attached hydrogen (secondary N) is 1. The van der Waals surface area contributed by atoms with E-state index in [1.807, 2.05) is 25.1 Å². The fraction of sp³-hybridized carbons (Fsp3) is 0.0588. The van der Waals surface area contributed by atoms with Crippen molar-refractivity contribution in [3.8, 4) is 22.4 Å². The summed E-state index contributed by atoms with van der Waals surface area (Å²) in [4.78, 5) is 23.7. The highest BCUT2D eigenvalue weighted by atomic mass is 16.2. The minimum Gasteiger partial charge on any atom is -0.384 e. The highest BCUT2D eigenvalue weighted by Crippen LogP contribution is 2.33. The molecule has 3 aromatic rings. The van der Waals surface area contributed by atoms with Gasteiger partial charge in [-0.15, -0.1) is 0 Å². The largest absolute Gasteiger partial charge is 0.384 e. The quantitative estimate of drug-likeness (QED) is 0.577. The maximum Gasteiger partial charge on any atom is 0.316 e. The summed E-state index contributed by atoms with van der Waals surface area (Å²) in [7, 11) is 0. The third-order valence-corrected chi connectivity index (χ3v) is 3.61. The number of aromatic nitrogens is 3. The number of primary amides is 1. The van der Waals surface area contributed by atoms with Crippen molar-refractivity contribution in [2.24, 2.45) is 5.73 Å². The number of urea groups is 1. The van der Waals surface area contributed by atoms with Crippen molar-refractivity contribution < 1.29 is 4.79 Å². The summed E-state index contributed by atoms with van der Waals surface area (Å²) < 4.78 is 0. The molecule has 0 fully saturated rings. The number of rotatable bonds is 3. The average Bonchev–Trinajstić information content (AvgIpc) is 2.55. The monoisotopic (exact) mass is 335 g/mol. The molecule has 2 heterocycles. The first-order chi connectivity index (χ1) is 11.9. The van der Waals surface area contributed by atoms with Crippen molar-refractivity contribution in [3.05, 3.63) is 48.3 Å². The molecule has 3 rings (SSSR count). The molecule has 0 saturated carbocycles. The van der Waals surface area contributed by atoms with E-state index < -0.39 is 6.03 Å². The number of anilines is 3. The molecule has 0 aliphatic carbocycles. The fourth-order valence-corrected chi connectivity index (χ4v) is 2.56. The maximum absolute atomic E-state index is 10.9. The van der Waals surface area contributed by atoms with Gasteiger partial charge in [-0.2, -0.15) is 0 Å². The molecule has 0 aliphatic heterocycles. The SMILES string of the molecule is Cc1nc(N)nc(-c2ccc(NC(N)=O)cc2)c1-c1ccc(N)nc1. The molecule has 0 saturated heterocycles. The zero-order chi connectivity index (χ0) is 18.0. The lowest BCUT2D eigenvalue weighted by molar-refractivity contribution is 0.259. The van der Waals surface area contributed by atoms with Gasteiger partial charge >= 0.3 is 6.03 Å². The van der Waals surface area contributed by atoms with E-state index in [-0.39, 0.29) is 5.95 Å². The summed E-state index contributed by atoms with van der Waals surface area (Å²) in [5, 5.41) is 2.52. The van der Waals surface area contributed by atoms with Gasteiger partial charge < -0.3 is 22.5 Å².